The number of hydrogen-bond acceptors (Lipinski definition) is 3. The average molecular weight is 277 g/mol. The minimum Gasteiger partial charge on any atom is -0.458 e. The molecular formula is C16H23NO3. The number of carbonyl (C=O) groups is 2. The lowest BCUT2D eigenvalue weighted by Gasteiger charge is -2.23. The second-order valence-electron chi connectivity index (χ2n) is 6.00. The molecule has 0 heterocycles. The topological polar surface area (TPSA) is 55.4 Å². The fourth-order valence-corrected chi connectivity index (χ4v) is 1.89. The van der Waals surface area contributed by atoms with Gasteiger partial charge in [0.05, 0.1) is 0 Å². The van der Waals surface area contributed by atoms with Gasteiger partial charge in [-0.15, -0.1) is 0 Å². The van der Waals surface area contributed by atoms with Gasteiger partial charge < -0.3 is 10.1 Å². The van der Waals surface area contributed by atoms with E-state index in [1.54, 1.807) is 27.7 Å². The predicted molar refractivity (Wildman–Crippen MR) is 78.7 cm³/mol. The average Bonchev–Trinajstić information content (AvgIpc) is 2.26. The van der Waals surface area contributed by atoms with Gasteiger partial charge in [-0.05, 0) is 52.7 Å². The van der Waals surface area contributed by atoms with Crippen molar-refractivity contribution >= 4 is 11.9 Å². The van der Waals surface area contributed by atoms with Crippen molar-refractivity contribution in [3.05, 3.63) is 34.9 Å². The summed E-state index contributed by atoms with van der Waals surface area (Å²) in [5.41, 5.74) is 1.83. The van der Waals surface area contributed by atoms with Crippen molar-refractivity contribution < 1.29 is 14.3 Å². The van der Waals surface area contributed by atoms with E-state index in [4.69, 9.17) is 4.74 Å². The monoisotopic (exact) mass is 277 g/mol. The molecule has 1 N–H and O–H groups in total. The van der Waals surface area contributed by atoms with Crippen LogP contribution in [-0.4, -0.2) is 23.5 Å². The molecule has 1 aromatic rings. The summed E-state index contributed by atoms with van der Waals surface area (Å²) in [7, 11) is 0. The van der Waals surface area contributed by atoms with E-state index in [1.807, 2.05) is 32.0 Å². The minimum absolute atomic E-state index is 0.251. The summed E-state index contributed by atoms with van der Waals surface area (Å²) in [5, 5.41) is 2.69. The maximum atomic E-state index is 12.2. The van der Waals surface area contributed by atoms with Gasteiger partial charge >= 0.3 is 5.97 Å². The quantitative estimate of drug-likeness (QED) is 0.864. The number of esters is 1. The van der Waals surface area contributed by atoms with E-state index in [0.29, 0.717) is 5.56 Å². The Bertz CT molecular complexity index is 495. The highest BCUT2D eigenvalue weighted by Gasteiger charge is 2.24. The smallest absolute Gasteiger partial charge is 0.328 e. The van der Waals surface area contributed by atoms with E-state index in [9.17, 15) is 9.59 Å². The molecule has 0 saturated heterocycles. The maximum absolute atomic E-state index is 12.2. The summed E-state index contributed by atoms with van der Waals surface area (Å²) < 4.78 is 5.24. The zero-order valence-electron chi connectivity index (χ0n) is 13.0. The van der Waals surface area contributed by atoms with Gasteiger partial charge in [-0.3, -0.25) is 4.79 Å². The van der Waals surface area contributed by atoms with Gasteiger partial charge in [0.15, 0.2) is 0 Å². The number of nitrogens with one attached hydrogen (secondary N) is 1. The molecule has 0 radical (unpaired) electrons. The molecule has 0 unspecified atom stereocenters. The maximum Gasteiger partial charge on any atom is 0.328 e. The molecule has 0 bridgehead atoms. The zero-order chi connectivity index (χ0) is 15.5. The Morgan fingerprint density at radius 3 is 2.10 bits per heavy atom. The molecule has 0 spiro atoms. The number of carbonyl (C=O) groups excluding carboxylic acids is 2. The van der Waals surface area contributed by atoms with Gasteiger partial charge in [-0.2, -0.15) is 0 Å². The SMILES string of the molecule is Cc1cccc(C)c1C(=O)N[C@H](C)C(=O)OC(C)(C)C. The Hall–Kier alpha value is -1.84. The molecule has 0 aliphatic heterocycles. The van der Waals surface area contributed by atoms with Crippen LogP contribution >= 0.6 is 0 Å². The van der Waals surface area contributed by atoms with E-state index in [0.717, 1.165) is 11.1 Å². The van der Waals surface area contributed by atoms with E-state index in [-0.39, 0.29) is 5.91 Å². The second-order valence-corrected chi connectivity index (χ2v) is 6.00. The van der Waals surface area contributed by atoms with Crippen LogP contribution in [0.2, 0.25) is 0 Å². The highest BCUT2D eigenvalue weighted by molar-refractivity contribution is 5.99. The summed E-state index contributed by atoms with van der Waals surface area (Å²) in [5.74, 6) is -0.684. The lowest BCUT2D eigenvalue weighted by atomic mass is 10.0. The molecule has 110 valence electrons. The van der Waals surface area contributed by atoms with Crippen molar-refractivity contribution in [2.75, 3.05) is 0 Å². The molecule has 0 saturated carbocycles. The first-order valence-corrected chi connectivity index (χ1v) is 6.72. The lowest BCUT2D eigenvalue weighted by Crippen LogP contribution is -2.42. The van der Waals surface area contributed by atoms with Crippen LogP contribution < -0.4 is 5.32 Å². The Morgan fingerprint density at radius 2 is 1.65 bits per heavy atom. The van der Waals surface area contributed by atoms with Gasteiger partial charge in [0.2, 0.25) is 0 Å². The summed E-state index contributed by atoms with van der Waals surface area (Å²) in [6.45, 7) is 10.8. The number of ether oxygens (including phenoxy) is 1. The summed E-state index contributed by atoms with van der Waals surface area (Å²) >= 11 is 0. The van der Waals surface area contributed by atoms with E-state index in [2.05, 4.69) is 5.32 Å². The standard InChI is InChI=1S/C16H23NO3/c1-10-8-7-9-11(2)13(10)14(18)17-12(3)15(19)20-16(4,5)6/h7-9,12H,1-6H3,(H,17,18)/t12-/m1/s1. The predicted octanol–water partition coefficient (Wildman–Crippen LogP) is 2.76. The van der Waals surface area contributed by atoms with Crippen molar-refractivity contribution in [2.24, 2.45) is 0 Å². The summed E-state index contributed by atoms with van der Waals surface area (Å²) in [6.07, 6.45) is 0. The molecule has 0 aliphatic rings. The first kappa shape index (κ1) is 16.2. The normalized spacial score (nSPS) is 12.7. The Balaban J connectivity index is 2.78. The van der Waals surface area contributed by atoms with Gasteiger partial charge in [0, 0.05) is 5.56 Å². The van der Waals surface area contributed by atoms with E-state index in [1.165, 1.54) is 0 Å². The highest BCUT2D eigenvalue weighted by atomic mass is 16.6. The molecule has 1 rings (SSSR count). The van der Waals surface area contributed by atoms with E-state index < -0.39 is 17.6 Å². The Labute approximate surface area is 120 Å². The molecule has 1 aromatic carbocycles. The Morgan fingerprint density at radius 1 is 1.15 bits per heavy atom. The second kappa shape index (κ2) is 6.07. The summed E-state index contributed by atoms with van der Waals surface area (Å²) in [6, 6.07) is 4.97. The van der Waals surface area contributed by atoms with Crippen LogP contribution in [0, 0.1) is 13.8 Å². The van der Waals surface area contributed by atoms with Crippen LogP contribution in [0.3, 0.4) is 0 Å². The van der Waals surface area contributed by atoms with E-state index >= 15 is 0 Å². The third kappa shape index (κ3) is 4.37. The first-order chi connectivity index (χ1) is 9.11. The number of aryl methyl sites for hydroxylation is 2. The van der Waals surface area contributed by atoms with Crippen molar-refractivity contribution in [1.82, 2.24) is 5.32 Å². The van der Waals surface area contributed by atoms with Crippen LogP contribution in [0.25, 0.3) is 0 Å². The van der Waals surface area contributed by atoms with Gasteiger partial charge in [0.1, 0.15) is 11.6 Å². The molecule has 0 aliphatic carbocycles. The molecule has 20 heavy (non-hydrogen) atoms. The molecule has 1 atom stereocenters. The fraction of sp³-hybridized carbons (Fsp3) is 0.500. The summed E-state index contributed by atoms with van der Waals surface area (Å²) in [4.78, 5) is 24.1. The van der Waals surface area contributed by atoms with Crippen molar-refractivity contribution in [1.29, 1.82) is 0 Å². The Kier molecular flexibility index (Phi) is 4.93. The molecule has 0 aromatic heterocycles. The largest absolute Gasteiger partial charge is 0.458 e. The van der Waals surface area contributed by atoms with Crippen LogP contribution in [0.15, 0.2) is 18.2 Å². The van der Waals surface area contributed by atoms with Gasteiger partial charge in [-0.25, -0.2) is 4.79 Å². The third-order valence-corrected chi connectivity index (χ3v) is 2.82. The molecule has 1 amide bonds. The van der Waals surface area contributed by atoms with Crippen LogP contribution in [-0.2, 0) is 9.53 Å². The third-order valence-electron chi connectivity index (χ3n) is 2.82. The van der Waals surface area contributed by atoms with Crippen molar-refractivity contribution in [3.63, 3.8) is 0 Å². The molecule has 0 fully saturated rings. The zero-order valence-corrected chi connectivity index (χ0v) is 13.0. The minimum atomic E-state index is -0.680. The fourth-order valence-electron chi connectivity index (χ4n) is 1.89. The molecule has 4 nitrogen and oxygen atoms in total. The number of hydrogen-bond donors (Lipinski definition) is 1. The highest BCUT2D eigenvalue weighted by Crippen LogP contribution is 2.14. The molecular weight excluding hydrogens is 254 g/mol. The van der Waals surface area contributed by atoms with Gasteiger partial charge in [-0.1, -0.05) is 18.2 Å². The first-order valence-electron chi connectivity index (χ1n) is 6.72. The van der Waals surface area contributed by atoms with Crippen molar-refractivity contribution in [3.8, 4) is 0 Å². The molecule has 4 heteroatoms. The lowest BCUT2D eigenvalue weighted by molar-refractivity contribution is -0.156. The van der Waals surface area contributed by atoms with Crippen LogP contribution in [0.5, 0.6) is 0 Å². The number of benzene rings is 1. The van der Waals surface area contributed by atoms with Crippen LogP contribution in [0.4, 0.5) is 0 Å². The van der Waals surface area contributed by atoms with Crippen molar-refractivity contribution in [2.45, 2.75) is 53.2 Å². The number of rotatable bonds is 3. The number of amides is 1. The van der Waals surface area contributed by atoms with Gasteiger partial charge in [0.25, 0.3) is 5.91 Å². The van der Waals surface area contributed by atoms with Crippen LogP contribution in [0.1, 0.15) is 49.2 Å².